The van der Waals surface area contributed by atoms with Crippen molar-refractivity contribution in [2.75, 3.05) is 13.2 Å². The first-order valence-corrected chi connectivity index (χ1v) is 10.7. The highest BCUT2D eigenvalue weighted by atomic mass is 35.6. The van der Waals surface area contributed by atoms with Gasteiger partial charge in [-0.3, -0.25) is 9.69 Å². The van der Waals surface area contributed by atoms with Gasteiger partial charge in [-0.2, -0.15) is 0 Å². The number of carbonyl (C=O) groups excluding carboxylic acids is 3. The van der Waals surface area contributed by atoms with Crippen molar-refractivity contribution in [3.63, 3.8) is 0 Å². The lowest BCUT2D eigenvalue weighted by atomic mass is 9.92. The first-order chi connectivity index (χ1) is 13.6. The van der Waals surface area contributed by atoms with Crippen LogP contribution in [0.3, 0.4) is 0 Å². The Balaban J connectivity index is 1.81. The highest BCUT2D eigenvalue weighted by Gasteiger charge is 2.56. The molecule has 0 N–H and O–H groups in total. The molecule has 1 amide bonds. The predicted molar refractivity (Wildman–Crippen MR) is 112 cm³/mol. The number of aryl methyl sites for hydroxylation is 1. The third-order valence-corrected chi connectivity index (χ3v) is 6.15. The highest BCUT2D eigenvalue weighted by Crippen LogP contribution is 2.50. The number of hydrogen-bond donors (Lipinski definition) is 0. The molecule has 1 fully saturated rings. The first kappa shape index (κ1) is 22.3. The van der Waals surface area contributed by atoms with Gasteiger partial charge >= 0.3 is 5.97 Å². The van der Waals surface area contributed by atoms with Gasteiger partial charge in [0.25, 0.3) is 0 Å². The molecule has 0 unspecified atom stereocenters. The van der Waals surface area contributed by atoms with Gasteiger partial charge in [0.05, 0.1) is 16.2 Å². The Morgan fingerprint density at radius 3 is 2.55 bits per heavy atom. The topological polar surface area (TPSA) is 72.9 Å². The van der Waals surface area contributed by atoms with Gasteiger partial charge in [-0.05, 0) is 25.5 Å². The Hall–Kier alpha value is -1.41. The molecule has 0 aliphatic carbocycles. The third-order valence-electron chi connectivity index (χ3n) is 4.44. The molecular formula is C19H18Cl3NO5S. The van der Waals surface area contributed by atoms with Crippen LogP contribution in [0.15, 0.2) is 34.9 Å². The van der Waals surface area contributed by atoms with Gasteiger partial charge in [0.15, 0.2) is 0 Å². The molecule has 2 atom stereocenters. The highest BCUT2D eigenvalue weighted by molar-refractivity contribution is 8.04. The molecule has 156 valence electrons. The molecule has 2 aliphatic heterocycles. The molecule has 0 spiro atoms. The molecule has 0 saturated carbocycles. The number of nitrogens with zero attached hydrogens (tertiary/aromatic N) is 1. The molecule has 29 heavy (non-hydrogen) atoms. The second-order valence-corrected chi connectivity index (χ2v) is 10.5. The number of ether oxygens (including phenoxy) is 2. The lowest BCUT2D eigenvalue weighted by Crippen LogP contribution is -2.57. The summed E-state index contributed by atoms with van der Waals surface area (Å²) in [6.45, 7) is 2.95. The number of benzene rings is 1. The van der Waals surface area contributed by atoms with Gasteiger partial charge in [0.1, 0.15) is 30.4 Å². The zero-order valence-corrected chi connectivity index (χ0v) is 18.7. The van der Waals surface area contributed by atoms with Crippen molar-refractivity contribution in [2.24, 2.45) is 5.92 Å². The summed E-state index contributed by atoms with van der Waals surface area (Å²) in [7, 11) is 0. The van der Waals surface area contributed by atoms with Crippen molar-refractivity contribution >= 4 is 64.2 Å². The van der Waals surface area contributed by atoms with Crippen LogP contribution in [0.5, 0.6) is 5.75 Å². The van der Waals surface area contributed by atoms with E-state index in [1.54, 1.807) is 0 Å². The van der Waals surface area contributed by atoms with E-state index in [-0.39, 0.29) is 35.8 Å². The minimum Gasteiger partial charge on any atom is -0.488 e. The molecular weight excluding hydrogens is 461 g/mol. The van der Waals surface area contributed by atoms with Gasteiger partial charge in [0.2, 0.25) is 9.70 Å². The Morgan fingerprint density at radius 1 is 1.24 bits per heavy atom. The van der Waals surface area contributed by atoms with Crippen LogP contribution < -0.4 is 4.74 Å². The number of esters is 1. The summed E-state index contributed by atoms with van der Waals surface area (Å²) in [4.78, 5) is 38.6. The molecule has 1 saturated heterocycles. The van der Waals surface area contributed by atoms with Crippen molar-refractivity contribution in [1.82, 2.24) is 4.90 Å². The molecule has 0 radical (unpaired) electrons. The number of hydrogen-bond acceptors (Lipinski definition) is 6. The van der Waals surface area contributed by atoms with Crippen molar-refractivity contribution in [2.45, 2.75) is 29.4 Å². The number of carbonyl (C=O) groups is 3. The Morgan fingerprint density at radius 2 is 1.93 bits per heavy atom. The van der Waals surface area contributed by atoms with E-state index in [0.29, 0.717) is 10.7 Å². The number of β-lactam (4-membered cyclic amide) rings is 1. The fraction of sp³-hybridized carbons (Fsp3) is 0.421. The van der Waals surface area contributed by atoms with E-state index in [4.69, 9.17) is 44.3 Å². The number of alkyl halides is 3. The van der Waals surface area contributed by atoms with E-state index < -0.39 is 22.3 Å². The van der Waals surface area contributed by atoms with Gasteiger partial charge in [0, 0.05) is 6.42 Å². The maximum absolute atomic E-state index is 12.7. The number of Topliss-reactive ketones (excluding diaryl/α,β-unsaturated/α-hetero) is 1. The molecule has 2 aliphatic rings. The number of rotatable bonds is 7. The van der Waals surface area contributed by atoms with Crippen LogP contribution in [0, 0.1) is 12.8 Å². The van der Waals surface area contributed by atoms with Crippen LogP contribution in [-0.2, 0) is 19.1 Å². The Bertz CT molecular complexity index is 883. The summed E-state index contributed by atoms with van der Waals surface area (Å²) in [5.74, 6) is -0.984. The molecule has 0 aromatic heterocycles. The van der Waals surface area contributed by atoms with E-state index >= 15 is 0 Å². The molecule has 1 aromatic rings. The number of fused-ring (bicyclic) bond motifs is 1. The maximum atomic E-state index is 12.7. The average molecular weight is 479 g/mol. The van der Waals surface area contributed by atoms with Crippen molar-refractivity contribution in [1.29, 1.82) is 0 Å². The second-order valence-electron chi connectivity index (χ2n) is 6.75. The maximum Gasteiger partial charge on any atom is 0.356 e. The molecule has 6 nitrogen and oxygen atoms in total. The SMILES string of the molecule is CC(=O)C[C@@H]1C(=O)N2C(C(=O)OCC(Cl)(Cl)Cl)=C(COc3ccccc3C)S[C@H]12. The Labute approximate surface area is 187 Å². The summed E-state index contributed by atoms with van der Waals surface area (Å²) < 4.78 is 9.18. The summed E-state index contributed by atoms with van der Waals surface area (Å²) >= 11 is 18.3. The van der Waals surface area contributed by atoms with Crippen molar-refractivity contribution < 1.29 is 23.9 Å². The quantitative estimate of drug-likeness (QED) is 0.335. The molecule has 3 rings (SSSR count). The van der Waals surface area contributed by atoms with E-state index in [2.05, 4.69) is 0 Å². The summed E-state index contributed by atoms with van der Waals surface area (Å²) in [5.41, 5.74) is 1.01. The minimum absolute atomic E-state index is 0.0702. The second kappa shape index (κ2) is 8.76. The van der Waals surface area contributed by atoms with Crippen LogP contribution in [0.4, 0.5) is 0 Å². The van der Waals surface area contributed by atoms with Crippen LogP contribution >= 0.6 is 46.6 Å². The lowest BCUT2D eigenvalue weighted by Gasteiger charge is -2.42. The molecule has 2 heterocycles. The third kappa shape index (κ3) is 5.02. The van der Waals surface area contributed by atoms with Crippen molar-refractivity contribution in [3.05, 3.63) is 40.4 Å². The zero-order valence-electron chi connectivity index (χ0n) is 15.6. The van der Waals surface area contributed by atoms with E-state index in [0.717, 1.165) is 5.56 Å². The molecule has 10 heteroatoms. The standard InChI is InChI=1S/C19H18Cl3NO5S/c1-10-5-3-4-6-13(10)27-8-14-15(18(26)28-9-19(20,21)22)23-16(25)12(7-11(2)24)17(23)29-14/h3-6,12,17H,7-9H2,1-2H3/t12-,17-/m1/s1. The number of thioether (sulfide) groups is 1. The van der Waals surface area contributed by atoms with Crippen LogP contribution in [0.25, 0.3) is 0 Å². The van der Waals surface area contributed by atoms with E-state index in [1.165, 1.54) is 23.6 Å². The Kier molecular flexibility index (Phi) is 6.73. The van der Waals surface area contributed by atoms with Crippen molar-refractivity contribution in [3.8, 4) is 5.75 Å². The zero-order chi connectivity index (χ0) is 21.3. The lowest BCUT2D eigenvalue weighted by molar-refractivity contribution is -0.154. The van der Waals surface area contributed by atoms with Gasteiger partial charge < -0.3 is 14.3 Å². The summed E-state index contributed by atoms with van der Waals surface area (Å²) in [6.07, 6.45) is 0.120. The average Bonchev–Trinajstić information content (AvgIpc) is 2.98. The molecule has 1 aromatic carbocycles. The fourth-order valence-electron chi connectivity index (χ4n) is 3.12. The summed E-state index contributed by atoms with van der Waals surface area (Å²) in [6, 6.07) is 7.45. The predicted octanol–water partition coefficient (Wildman–Crippen LogP) is 4.01. The van der Waals surface area contributed by atoms with Gasteiger partial charge in [-0.15, -0.1) is 0 Å². The minimum atomic E-state index is -1.77. The van der Waals surface area contributed by atoms with Crippen LogP contribution in [0.2, 0.25) is 0 Å². The van der Waals surface area contributed by atoms with Gasteiger partial charge in [-0.25, -0.2) is 4.79 Å². The van der Waals surface area contributed by atoms with E-state index in [1.807, 2.05) is 31.2 Å². The number of halogens is 3. The molecule has 0 bridgehead atoms. The smallest absolute Gasteiger partial charge is 0.356 e. The van der Waals surface area contributed by atoms with Crippen LogP contribution in [0.1, 0.15) is 18.9 Å². The number of ketones is 1. The monoisotopic (exact) mass is 477 g/mol. The first-order valence-electron chi connectivity index (χ1n) is 8.73. The normalized spacial score (nSPS) is 21.0. The van der Waals surface area contributed by atoms with E-state index in [9.17, 15) is 14.4 Å². The number of amides is 1. The number of para-hydroxylation sites is 1. The van der Waals surface area contributed by atoms with Crippen LogP contribution in [-0.4, -0.2) is 44.9 Å². The largest absolute Gasteiger partial charge is 0.488 e. The van der Waals surface area contributed by atoms with Gasteiger partial charge in [-0.1, -0.05) is 64.8 Å². The fourth-order valence-corrected chi connectivity index (χ4v) is 4.69. The summed E-state index contributed by atoms with van der Waals surface area (Å²) in [5, 5.41) is -0.350.